The monoisotopic (exact) mass is 380 g/mol. The van der Waals surface area contributed by atoms with Crippen LogP contribution in [0.5, 0.6) is 0 Å². The number of hydrogen-bond acceptors (Lipinski definition) is 8. The van der Waals surface area contributed by atoms with Crippen molar-refractivity contribution in [3.8, 4) is 0 Å². The molecular weight excluding hydrogens is 352 g/mol. The van der Waals surface area contributed by atoms with Gasteiger partial charge in [-0.2, -0.15) is 0 Å². The van der Waals surface area contributed by atoms with Gasteiger partial charge in [-0.1, -0.05) is 0 Å². The second-order valence-electron chi connectivity index (χ2n) is 5.41. The van der Waals surface area contributed by atoms with Crippen LogP contribution in [0.3, 0.4) is 0 Å². The van der Waals surface area contributed by atoms with Crippen LogP contribution in [0.25, 0.3) is 0 Å². The molecule has 0 aromatic carbocycles. The number of nitrogens with zero attached hydrogens (tertiary/aromatic N) is 4. The fraction of sp³-hybridized carbons (Fsp3) is 0.833. The lowest BCUT2D eigenvalue weighted by molar-refractivity contribution is 0.131. The number of rotatable bonds is 8. The van der Waals surface area contributed by atoms with Crippen molar-refractivity contribution < 1.29 is 17.5 Å². The van der Waals surface area contributed by atoms with Crippen LogP contribution in [0.1, 0.15) is 12.8 Å². The molecule has 0 aliphatic carbocycles. The van der Waals surface area contributed by atoms with Crippen LogP contribution < -0.4 is 22.9 Å². The van der Waals surface area contributed by atoms with Crippen molar-refractivity contribution in [2.24, 2.45) is 32.9 Å². The summed E-state index contributed by atoms with van der Waals surface area (Å²) in [6, 6.07) is 0. The van der Waals surface area contributed by atoms with E-state index in [1.54, 1.807) is 0 Å². The molecule has 0 amide bonds. The van der Waals surface area contributed by atoms with Crippen LogP contribution >= 0.6 is 0 Å². The Bertz CT molecular complexity index is 469. The predicted octanol–water partition coefficient (Wildman–Crippen LogP) is -3.41. The zero-order valence-electron chi connectivity index (χ0n) is 14.2. The molecule has 0 bridgehead atoms. The fourth-order valence-electron chi connectivity index (χ4n) is 2.24. The first-order valence-electron chi connectivity index (χ1n) is 7.80. The molecule has 12 nitrogen and oxygen atoms in total. The molecule has 1 aliphatic rings. The quantitative estimate of drug-likeness (QED) is 0.107. The van der Waals surface area contributed by atoms with E-state index in [1.807, 2.05) is 0 Å². The van der Waals surface area contributed by atoms with Crippen LogP contribution in [0, 0.1) is 0 Å². The first-order chi connectivity index (χ1) is 11.6. The van der Waals surface area contributed by atoms with Crippen molar-refractivity contribution in [1.82, 2.24) is 9.80 Å². The molecule has 1 saturated heterocycles. The summed E-state index contributed by atoms with van der Waals surface area (Å²) in [6.07, 6.45) is 2.00. The van der Waals surface area contributed by atoms with E-state index in [0.717, 1.165) is 52.1 Å². The van der Waals surface area contributed by atoms with E-state index in [2.05, 4.69) is 19.8 Å². The summed E-state index contributed by atoms with van der Waals surface area (Å²) in [5.74, 6) is 0.353. The Morgan fingerprint density at radius 3 is 1.32 bits per heavy atom. The lowest BCUT2D eigenvalue weighted by Gasteiger charge is -2.34. The van der Waals surface area contributed by atoms with Gasteiger partial charge in [0.1, 0.15) is 0 Å². The van der Waals surface area contributed by atoms with Crippen molar-refractivity contribution in [2.75, 3.05) is 52.4 Å². The number of hydrogen-bond donors (Lipinski definition) is 4. The zero-order chi connectivity index (χ0) is 19.3. The second-order valence-corrected chi connectivity index (χ2v) is 6.23. The van der Waals surface area contributed by atoms with Gasteiger partial charge in [0.2, 0.25) is 0 Å². The average Bonchev–Trinajstić information content (AvgIpc) is 2.47. The third kappa shape index (κ3) is 18.5. The van der Waals surface area contributed by atoms with Crippen molar-refractivity contribution in [1.29, 1.82) is 0 Å². The van der Waals surface area contributed by atoms with Crippen molar-refractivity contribution >= 4 is 22.3 Å². The summed E-state index contributed by atoms with van der Waals surface area (Å²) >= 11 is 0. The molecule has 0 radical (unpaired) electrons. The van der Waals surface area contributed by atoms with Gasteiger partial charge in [0.15, 0.2) is 11.9 Å². The first kappa shape index (κ1) is 23.3. The normalized spacial score (nSPS) is 15.8. The average molecular weight is 380 g/mol. The fourth-order valence-corrected chi connectivity index (χ4v) is 2.24. The summed E-state index contributed by atoms with van der Waals surface area (Å²) in [4.78, 5) is 12.9. The Labute approximate surface area is 148 Å². The first-order valence-corrected chi connectivity index (χ1v) is 9.13. The minimum absolute atomic E-state index is 0.176. The van der Waals surface area contributed by atoms with Crippen LogP contribution in [0.4, 0.5) is 0 Å². The highest BCUT2D eigenvalue weighted by Crippen LogP contribution is 2.03. The highest BCUT2D eigenvalue weighted by molar-refractivity contribution is 7.79. The van der Waals surface area contributed by atoms with E-state index in [0.29, 0.717) is 13.1 Å². The van der Waals surface area contributed by atoms with Gasteiger partial charge in [0.25, 0.3) is 0 Å². The van der Waals surface area contributed by atoms with Crippen molar-refractivity contribution in [2.45, 2.75) is 12.8 Å². The molecule has 0 saturated carbocycles. The lowest BCUT2D eigenvalue weighted by Crippen LogP contribution is -2.47. The molecule has 1 heterocycles. The van der Waals surface area contributed by atoms with Crippen LogP contribution in [-0.2, 0) is 10.4 Å². The number of aliphatic imine (C=N–C) groups is 2. The summed E-state index contributed by atoms with van der Waals surface area (Å²) in [6.45, 7) is 7.93. The number of guanidine groups is 2. The zero-order valence-corrected chi connectivity index (χ0v) is 15.0. The molecule has 0 atom stereocenters. The van der Waals surface area contributed by atoms with E-state index in [1.165, 1.54) is 0 Å². The molecule has 8 N–H and O–H groups in total. The Hall–Kier alpha value is -1.67. The Morgan fingerprint density at radius 1 is 0.800 bits per heavy atom. The Kier molecular flexibility index (Phi) is 11.8. The minimum atomic E-state index is -5.17. The molecular formula is C12H28N8O4S-2. The SMILES string of the molecule is NC(N)=NCCCN1CCN(CCCN=C(N)N)CC1.O=S(=O)([O-])[O-]. The van der Waals surface area contributed by atoms with E-state index in [-0.39, 0.29) is 11.9 Å². The topological polar surface area (TPSA) is 216 Å². The van der Waals surface area contributed by atoms with Crippen LogP contribution in [0.2, 0.25) is 0 Å². The highest BCUT2D eigenvalue weighted by Gasteiger charge is 2.15. The maximum Gasteiger partial charge on any atom is 0.185 e. The molecule has 1 fully saturated rings. The standard InChI is InChI=1S/C12H28N8.H2O4S/c13-11(14)17-3-1-5-19-7-9-20(10-8-19)6-2-4-18-12(15)16;1-5(2,3)4/h1-10H2,(H4,13,14,17)(H4,15,16,18);(H2,1,2,3,4)/p-2. The van der Waals surface area contributed by atoms with E-state index in [9.17, 15) is 0 Å². The van der Waals surface area contributed by atoms with E-state index < -0.39 is 10.4 Å². The molecule has 1 rings (SSSR count). The van der Waals surface area contributed by atoms with Gasteiger partial charge in [0, 0.05) is 62.8 Å². The highest BCUT2D eigenvalue weighted by atomic mass is 32.3. The third-order valence-corrected chi connectivity index (χ3v) is 3.32. The predicted molar refractivity (Wildman–Crippen MR) is 93.9 cm³/mol. The molecule has 25 heavy (non-hydrogen) atoms. The van der Waals surface area contributed by atoms with E-state index in [4.69, 9.17) is 40.5 Å². The summed E-state index contributed by atoms with van der Waals surface area (Å²) in [7, 11) is -5.17. The van der Waals surface area contributed by atoms with Gasteiger partial charge >= 0.3 is 0 Å². The van der Waals surface area contributed by atoms with Gasteiger partial charge in [-0.15, -0.1) is 0 Å². The molecule has 148 valence electrons. The number of piperazine rings is 1. The Morgan fingerprint density at radius 2 is 1.08 bits per heavy atom. The molecule has 13 heteroatoms. The number of nitrogens with two attached hydrogens (primary N) is 4. The van der Waals surface area contributed by atoms with Crippen molar-refractivity contribution in [3.05, 3.63) is 0 Å². The van der Waals surface area contributed by atoms with Gasteiger partial charge in [-0.25, -0.2) is 0 Å². The molecule has 0 aromatic heterocycles. The van der Waals surface area contributed by atoms with Gasteiger partial charge in [-0.05, 0) is 12.8 Å². The maximum absolute atomic E-state index is 8.52. The maximum atomic E-state index is 8.52. The smallest absolute Gasteiger partial charge is 0.185 e. The summed E-state index contributed by atoms with van der Waals surface area (Å²) < 4.78 is 34.1. The van der Waals surface area contributed by atoms with E-state index >= 15 is 0 Å². The van der Waals surface area contributed by atoms with Gasteiger partial charge in [-0.3, -0.25) is 18.4 Å². The molecule has 0 aromatic rings. The second kappa shape index (κ2) is 12.7. The van der Waals surface area contributed by atoms with Crippen molar-refractivity contribution in [3.63, 3.8) is 0 Å². The summed E-state index contributed by atoms with van der Waals surface area (Å²) in [5, 5.41) is 0. The molecule has 1 aliphatic heterocycles. The van der Waals surface area contributed by atoms with Crippen LogP contribution in [0.15, 0.2) is 9.98 Å². The molecule has 0 unspecified atom stereocenters. The van der Waals surface area contributed by atoms with Gasteiger partial charge < -0.3 is 41.8 Å². The lowest BCUT2D eigenvalue weighted by atomic mass is 10.2. The largest absolute Gasteiger partial charge is 0.759 e. The summed E-state index contributed by atoms with van der Waals surface area (Å²) in [5.41, 5.74) is 21.2. The Balaban J connectivity index is 0.00000101. The third-order valence-electron chi connectivity index (χ3n) is 3.32. The molecule has 0 spiro atoms. The van der Waals surface area contributed by atoms with Crippen LogP contribution in [-0.4, -0.2) is 91.6 Å². The van der Waals surface area contributed by atoms with Gasteiger partial charge in [0.05, 0.1) is 0 Å². The minimum Gasteiger partial charge on any atom is -0.759 e.